The second-order valence-corrected chi connectivity index (χ2v) is 15.0. The Morgan fingerprint density at radius 2 is 1.84 bits per heavy atom. The molecular formula is C34H38ClF2N5O2S. The Morgan fingerprint density at radius 1 is 1.11 bits per heavy atom. The number of hydrogen-bond acceptors (Lipinski definition) is 6. The van der Waals surface area contributed by atoms with Gasteiger partial charge in [-0.2, -0.15) is 0 Å². The summed E-state index contributed by atoms with van der Waals surface area (Å²) in [5, 5.41) is 4.21. The van der Waals surface area contributed by atoms with Crippen molar-refractivity contribution in [2.75, 3.05) is 19.6 Å². The van der Waals surface area contributed by atoms with Gasteiger partial charge in [0.15, 0.2) is 5.17 Å². The zero-order chi connectivity index (χ0) is 31.8. The van der Waals surface area contributed by atoms with Crippen molar-refractivity contribution in [2.45, 2.75) is 82.6 Å². The van der Waals surface area contributed by atoms with Gasteiger partial charge in [0.1, 0.15) is 28.1 Å². The number of rotatable bonds is 5. The predicted molar refractivity (Wildman–Crippen MR) is 173 cm³/mol. The van der Waals surface area contributed by atoms with Crippen molar-refractivity contribution in [3.8, 4) is 0 Å². The molecule has 0 bridgehead atoms. The Morgan fingerprint density at radius 3 is 2.51 bits per heavy atom. The van der Waals surface area contributed by atoms with Crippen LogP contribution < -0.4 is 5.32 Å². The highest BCUT2D eigenvalue weighted by Gasteiger charge is 2.55. The van der Waals surface area contributed by atoms with E-state index in [0.29, 0.717) is 35.1 Å². The molecule has 0 radical (unpaired) electrons. The monoisotopic (exact) mass is 653 g/mol. The summed E-state index contributed by atoms with van der Waals surface area (Å²) in [4.78, 5) is 40.1. The number of piperazine rings is 1. The fourth-order valence-corrected chi connectivity index (χ4v) is 9.10. The molecule has 2 aromatic rings. The molecule has 1 spiro atoms. The van der Waals surface area contributed by atoms with Crippen LogP contribution in [0.4, 0.5) is 8.78 Å². The SMILES string of the molecule is CC(C)C1=C(C(=O)N2[C@H](C)CC[C@H]2C(=O)N2CCNC3(CC3)C2)SC2=N[C@@](C)(c3ccc(F)cc3)[C@@H](c3ccc(Cl)c(F)c3)N21. The van der Waals surface area contributed by atoms with Crippen LogP contribution in [-0.4, -0.2) is 68.9 Å². The van der Waals surface area contributed by atoms with Crippen LogP contribution >= 0.6 is 23.4 Å². The van der Waals surface area contributed by atoms with Gasteiger partial charge in [0, 0.05) is 36.9 Å². The number of thioether (sulfide) groups is 1. The summed E-state index contributed by atoms with van der Waals surface area (Å²) in [5.74, 6) is -1.12. The van der Waals surface area contributed by atoms with Crippen LogP contribution in [0.2, 0.25) is 5.02 Å². The molecule has 0 unspecified atom stereocenters. The summed E-state index contributed by atoms with van der Waals surface area (Å²) < 4.78 is 28.9. The van der Waals surface area contributed by atoms with Gasteiger partial charge < -0.3 is 20.0 Å². The average molecular weight is 654 g/mol. The molecule has 7 rings (SSSR count). The minimum atomic E-state index is -0.911. The van der Waals surface area contributed by atoms with Crippen LogP contribution in [0.25, 0.3) is 0 Å². The average Bonchev–Trinajstić information content (AvgIpc) is 3.33. The third-order valence-corrected chi connectivity index (χ3v) is 11.5. The van der Waals surface area contributed by atoms with Gasteiger partial charge >= 0.3 is 0 Å². The summed E-state index contributed by atoms with van der Waals surface area (Å²) >= 11 is 7.41. The van der Waals surface area contributed by atoms with Gasteiger partial charge in [-0.3, -0.25) is 9.59 Å². The lowest BCUT2D eigenvalue weighted by Crippen LogP contribution is -2.58. The first-order chi connectivity index (χ1) is 21.4. The van der Waals surface area contributed by atoms with E-state index in [0.717, 1.165) is 37.1 Å². The number of nitrogens with one attached hydrogen (secondary N) is 1. The van der Waals surface area contributed by atoms with Gasteiger partial charge in [-0.1, -0.05) is 43.6 Å². The predicted octanol–water partition coefficient (Wildman–Crippen LogP) is 6.20. The van der Waals surface area contributed by atoms with E-state index in [-0.39, 0.29) is 40.2 Å². The number of nitrogens with zero attached hydrogens (tertiary/aromatic N) is 4. The number of fused-ring (bicyclic) bond motifs is 1. The fourth-order valence-electron chi connectivity index (χ4n) is 7.63. The van der Waals surface area contributed by atoms with Crippen molar-refractivity contribution < 1.29 is 18.4 Å². The van der Waals surface area contributed by atoms with Crippen molar-refractivity contribution in [3.63, 3.8) is 0 Å². The Labute approximate surface area is 272 Å². The number of amidine groups is 1. The lowest BCUT2D eigenvalue weighted by atomic mass is 9.81. The zero-order valence-corrected chi connectivity index (χ0v) is 27.5. The smallest absolute Gasteiger partial charge is 0.263 e. The zero-order valence-electron chi connectivity index (χ0n) is 25.9. The molecule has 1 aliphatic carbocycles. The van der Waals surface area contributed by atoms with Crippen LogP contribution in [0, 0.1) is 17.6 Å². The number of allylic oxidation sites excluding steroid dienone is 1. The molecule has 7 nitrogen and oxygen atoms in total. The molecular weight excluding hydrogens is 616 g/mol. The van der Waals surface area contributed by atoms with E-state index in [1.165, 1.54) is 36.0 Å². The highest BCUT2D eigenvalue weighted by atomic mass is 35.5. The number of likely N-dealkylation sites (tertiary alicyclic amines) is 1. The highest BCUT2D eigenvalue weighted by molar-refractivity contribution is 8.18. The molecule has 2 aromatic carbocycles. The molecule has 0 aromatic heterocycles. The van der Waals surface area contributed by atoms with Crippen molar-refractivity contribution in [1.82, 2.24) is 20.0 Å². The molecule has 2 amide bonds. The van der Waals surface area contributed by atoms with Crippen molar-refractivity contribution in [2.24, 2.45) is 10.9 Å². The first kappa shape index (κ1) is 30.7. The minimum Gasteiger partial charge on any atom is -0.338 e. The molecule has 1 N–H and O–H groups in total. The number of amides is 2. The van der Waals surface area contributed by atoms with E-state index < -0.39 is 23.4 Å². The van der Waals surface area contributed by atoms with Crippen LogP contribution in [0.15, 0.2) is 58.1 Å². The molecule has 4 atom stereocenters. The number of carbonyl (C=O) groups excluding carboxylic acids is 2. The van der Waals surface area contributed by atoms with Gasteiger partial charge in [0.2, 0.25) is 5.91 Å². The lowest BCUT2D eigenvalue weighted by Gasteiger charge is -2.38. The maximum absolute atomic E-state index is 15.0. The lowest BCUT2D eigenvalue weighted by molar-refractivity contribution is -0.144. The third kappa shape index (κ3) is 5.08. The molecule has 238 valence electrons. The maximum Gasteiger partial charge on any atom is 0.263 e. The van der Waals surface area contributed by atoms with Crippen molar-refractivity contribution in [1.29, 1.82) is 0 Å². The second kappa shape index (κ2) is 11.1. The molecule has 45 heavy (non-hydrogen) atoms. The molecule has 5 aliphatic rings. The Balaban J connectivity index is 1.27. The van der Waals surface area contributed by atoms with Crippen LogP contribution in [0.3, 0.4) is 0 Å². The number of benzene rings is 2. The Hall–Kier alpha value is -2.95. The van der Waals surface area contributed by atoms with Crippen LogP contribution in [0.1, 0.15) is 70.5 Å². The van der Waals surface area contributed by atoms with Gasteiger partial charge in [0.05, 0.1) is 11.1 Å². The van der Waals surface area contributed by atoms with Crippen LogP contribution in [0.5, 0.6) is 0 Å². The number of halogens is 3. The first-order valence-electron chi connectivity index (χ1n) is 15.8. The molecule has 2 saturated heterocycles. The molecule has 11 heteroatoms. The van der Waals surface area contributed by atoms with Gasteiger partial charge in [-0.25, -0.2) is 13.8 Å². The van der Waals surface area contributed by atoms with E-state index >= 15 is 0 Å². The molecule has 4 heterocycles. The Kier molecular flexibility index (Phi) is 7.56. The topological polar surface area (TPSA) is 68.2 Å². The Bertz CT molecular complexity index is 1630. The standard InChI is InChI=1S/C34H38ClF2N5O2S/c1-19(2)27-28(31(44)41-20(3)5-12-26(41)30(43)40-16-15-38-34(18-40)13-14-34)45-32-39-33(4,22-7-9-23(36)10-8-22)29(42(27)32)21-6-11-24(35)25(37)17-21/h6-11,17,19-20,26,29,38H,5,12-16,18H2,1-4H3/t20-,26+,29-,33+/m1/s1. The summed E-state index contributed by atoms with van der Waals surface area (Å²) in [6.45, 7) is 10.2. The quantitative estimate of drug-likeness (QED) is 0.416. The highest BCUT2D eigenvalue weighted by Crippen LogP contribution is 2.56. The van der Waals surface area contributed by atoms with Gasteiger partial charge in [0.25, 0.3) is 5.91 Å². The summed E-state index contributed by atoms with van der Waals surface area (Å²) in [6, 6.07) is 9.85. The first-order valence-corrected chi connectivity index (χ1v) is 17.0. The summed E-state index contributed by atoms with van der Waals surface area (Å²) in [7, 11) is 0. The van der Waals surface area contributed by atoms with Crippen LogP contribution in [-0.2, 0) is 15.1 Å². The van der Waals surface area contributed by atoms with E-state index in [9.17, 15) is 18.4 Å². The van der Waals surface area contributed by atoms with Crippen molar-refractivity contribution in [3.05, 3.63) is 80.9 Å². The minimum absolute atomic E-state index is 0.0171. The normalized spacial score (nSPS) is 28.8. The maximum atomic E-state index is 15.0. The number of hydrogen-bond donors (Lipinski definition) is 1. The van der Waals surface area contributed by atoms with Gasteiger partial charge in [-0.05, 0) is 92.6 Å². The van der Waals surface area contributed by atoms with E-state index in [2.05, 4.69) is 10.2 Å². The number of aliphatic imine (C=N–C) groups is 1. The van der Waals surface area contributed by atoms with Gasteiger partial charge in [-0.15, -0.1) is 0 Å². The summed E-state index contributed by atoms with van der Waals surface area (Å²) in [6.07, 6.45) is 3.55. The largest absolute Gasteiger partial charge is 0.338 e. The molecule has 1 saturated carbocycles. The third-order valence-electron chi connectivity index (χ3n) is 10.2. The van der Waals surface area contributed by atoms with E-state index in [1.54, 1.807) is 23.1 Å². The molecule has 3 fully saturated rings. The van der Waals surface area contributed by atoms with E-state index in [4.69, 9.17) is 16.6 Å². The number of carbonyl (C=O) groups is 2. The van der Waals surface area contributed by atoms with Crippen molar-refractivity contribution >= 4 is 40.3 Å². The summed E-state index contributed by atoms with van der Waals surface area (Å²) in [5.41, 5.74) is 1.35. The fraction of sp³-hybridized carbons (Fsp3) is 0.500. The van der Waals surface area contributed by atoms with E-state index in [1.807, 2.05) is 32.6 Å². The molecule has 4 aliphatic heterocycles. The second-order valence-electron chi connectivity index (χ2n) is 13.6.